The number of ether oxygens (including phenoxy) is 1. The second-order valence-corrected chi connectivity index (χ2v) is 8.33. The van der Waals surface area contributed by atoms with Gasteiger partial charge in [0, 0.05) is 18.3 Å². The van der Waals surface area contributed by atoms with Crippen LogP contribution in [0.15, 0.2) is 65.2 Å². The first-order chi connectivity index (χ1) is 15.0. The van der Waals surface area contributed by atoms with Crippen LogP contribution >= 0.6 is 12.2 Å². The Morgan fingerprint density at radius 2 is 1.97 bits per heavy atom. The maximum absolute atomic E-state index is 11.7. The van der Waals surface area contributed by atoms with Crippen LogP contribution in [-0.4, -0.2) is 34.6 Å². The Morgan fingerprint density at radius 3 is 2.61 bits per heavy atom. The van der Waals surface area contributed by atoms with Gasteiger partial charge in [-0.05, 0) is 54.5 Å². The number of benzene rings is 1. The second-order valence-electron chi connectivity index (χ2n) is 7.94. The van der Waals surface area contributed by atoms with Crippen molar-refractivity contribution in [1.82, 2.24) is 15.2 Å². The first-order valence-electron chi connectivity index (χ1n) is 10.2. The predicted octanol–water partition coefficient (Wildman–Crippen LogP) is 4.76. The lowest BCUT2D eigenvalue weighted by Crippen LogP contribution is -2.32. The number of nitrogens with zero attached hydrogens (tertiary/aromatic N) is 2. The number of hydrogen-bond donors (Lipinski definition) is 1. The van der Waals surface area contributed by atoms with Crippen LogP contribution in [0.25, 0.3) is 11.3 Å². The highest BCUT2D eigenvalue weighted by Gasteiger charge is 2.41. The molecule has 160 valence electrons. The molecule has 2 atom stereocenters. The molecule has 0 saturated carbocycles. The number of carbonyl (C=O) groups is 1. The van der Waals surface area contributed by atoms with Crippen molar-refractivity contribution < 1.29 is 13.9 Å². The highest BCUT2D eigenvalue weighted by atomic mass is 32.1. The van der Waals surface area contributed by atoms with Crippen LogP contribution < -0.4 is 5.32 Å². The summed E-state index contributed by atoms with van der Waals surface area (Å²) in [6, 6.07) is 16.8. The van der Waals surface area contributed by atoms with E-state index in [0.717, 1.165) is 29.3 Å². The summed E-state index contributed by atoms with van der Waals surface area (Å²) in [5.74, 6) is 1.62. The van der Waals surface area contributed by atoms with Gasteiger partial charge in [0.1, 0.15) is 17.6 Å². The van der Waals surface area contributed by atoms with Gasteiger partial charge in [0.25, 0.3) is 0 Å². The molecule has 0 spiro atoms. The third-order valence-corrected chi connectivity index (χ3v) is 5.62. The average Bonchev–Trinajstić information content (AvgIpc) is 3.39. The Balaban J connectivity index is 1.67. The second kappa shape index (κ2) is 8.89. The van der Waals surface area contributed by atoms with E-state index in [-0.39, 0.29) is 18.1 Å². The van der Waals surface area contributed by atoms with Crippen LogP contribution in [0.2, 0.25) is 0 Å². The first-order valence-corrected chi connectivity index (χ1v) is 10.6. The lowest BCUT2D eigenvalue weighted by molar-refractivity contribution is 0.0600. The van der Waals surface area contributed by atoms with Gasteiger partial charge in [-0.2, -0.15) is 0 Å². The topological polar surface area (TPSA) is 67.6 Å². The molecule has 0 radical (unpaired) electrons. The molecule has 1 N–H and O–H groups in total. The van der Waals surface area contributed by atoms with Gasteiger partial charge in [-0.1, -0.05) is 32.0 Å². The number of nitrogens with one attached hydrogen (secondary N) is 1. The zero-order valence-corrected chi connectivity index (χ0v) is 18.6. The van der Waals surface area contributed by atoms with Gasteiger partial charge >= 0.3 is 5.97 Å². The standard InChI is InChI=1S/C24H25N3O3S/c1-15(2)14-27-22(21(26-24(27)31)18-6-4-5-13-25-18)20-12-11-19(30-20)16-7-9-17(10-8-16)23(28)29-3/h4-13,15,21-22H,14H2,1-3H3,(H,26,31)/t21-,22-/m0/s1. The van der Waals surface area contributed by atoms with Gasteiger partial charge in [-0.25, -0.2) is 4.79 Å². The summed E-state index contributed by atoms with van der Waals surface area (Å²) < 4.78 is 11.1. The molecule has 1 aliphatic rings. The van der Waals surface area contributed by atoms with E-state index in [0.29, 0.717) is 16.6 Å². The number of methoxy groups -OCH3 is 1. The molecule has 3 heterocycles. The van der Waals surface area contributed by atoms with Crippen molar-refractivity contribution >= 4 is 23.3 Å². The fraction of sp³-hybridized carbons (Fsp3) is 0.292. The molecule has 3 aromatic rings. The number of aromatic nitrogens is 1. The fourth-order valence-electron chi connectivity index (χ4n) is 3.86. The zero-order chi connectivity index (χ0) is 22.0. The number of esters is 1. The van der Waals surface area contributed by atoms with Gasteiger partial charge in [-0.15, -0.1) is 0 Å². The van der Waals surface area contributed by atoms with E-state index in [2.05, 4.69) is 29.0 Å². The molecular formula is C24H25N3O3S. The molecule has 6 nitrogen and oxygen atoms in total. The van der Waals surface area contributed by atoms with Gasteiger partial charge in [-0.3, -0.25) is 4.98 Å². The summed E-state index contributed by atoms with van der Waals surface area (Å²) in [5.41, 5.74) is 2.31. The van der Waals surface area contributed by atoms with E-state index >= 15 is 0 Å². The molecule has 1 fully saturated rings. The number of pyridine rings is 1. The summed E-state index contributed by atoms with van der Waals surface area (Å²) in [4.78, 5) is 18.4. The molecule has 0 amide bonds. The molecule has 2 aromatic heterocycles. The Hall–Kier alpha value is -3.19. The van der Waals surface area contributed by atoms with Crippen molar-refractivity contribution in [3.63, 3.8) is 0 Å². The van der Waals surface area contributed by atoms with Crippen molar-refractivity contribution in [3.05, 3.63) is 77.8 Å². The Morgan fingerprint density at radius 1 is 1.19 bits per heavy atom. The number of carbonyl (C=O) groups excluding carboxylic acids is 1. The summed E-state index contributed by atoms with van der Waals surface area (Å²) in [6.07, 6.45) is 1.79. The van der Waals surface area contributed by atoms with E-state index in [9.17, 15) is 4.79 Å². The number of thiocarbonyl (C=S) groups is 1. The Bertz CT molecular complexity index is 1060. The van der Waals surface area contributed by atoms with E-state index in [1.165, 1.54) is 7.11 Å². The molecule has 0 aliphatic carbocycles. The van der Waals surface area contributed by atoms with Crippen LogP contribution in [0.3, 0.4) is 0 Å². The lowest BCUT2D eigenvalue weighted by atomic mass is 10.0. The van der Waals surface area contributed by atoms with Crippen molar-refractivity contribution in [3.8, 4) is 11.3 Å². The smallest absolute Gasteiger partial charge is 0.337 e. The van der Waals surface area contributed by atoms with Gasteiger partial charge in [0.2, 0.25) is 0 Å². The Kier molecular flexibility index (Phi) is 6.04. The van der Waals surface area contributed by atoms with Crippen LogP contribution in [0.5, 0.6) is 0 Å². The first kappa shape index (κ1) is 21.1. The van der Waals surface area contributed by atoms with Crippen molar-refractivity contribution in [2.45, 2.75) is 25.9 Å². The van der Waals surface area contributed by atoms with Gasteiger partial charge < -0.3 is 19.4 Å². The minimum absolute atomic E-state index is 0.104. The number of rotatable bonds is 6. The number of hydrogen-bond acceptors (Lipinski definition) is 5. The van der Waals surface area contributed by atoms with Gasteiger partial charge in [0.15, 0.2) is 5.11 Å². The molecular weight excluding hydrogens is 410 g/mol. The molecule has 1 aliphatic heterocycles. The summed E-state index contributed by atoms with van der Waals surface area (Å²) in [5, 5.41) is 4.14. The summed E-state index contributed by atoms with van der Waals surface area (Å²) in [7, 11) is 1.37. The number of furan rings is 1. The molecule has 0 bridgehead atoms. The largest absolute Gasteiger partial charge is 0.465 e. The van der Waals surface area contributed by atoms with E-state index < -0.39 is 0 Å². The molecule has 31 heavy (non-hydrogen) atoms. The molecule has 0 unspecified atom stereocenters. The molecule has 4 rings (SSSR count). The van der Waals surface area contributed by atoms with Crippen molar-refractivity contribution in [2.24, 2.45) is 5.92 Å². The SMILES string of the molecule is COC(=O)c1ccc(-c2ccc([C@H]3[C@H](c4ccccn4)NC(=S)N3CC(C)C)o2)cc1. The fourth-order valence-corrected chi connectivity index (χ4v) is 4.17. The lowest BCUT2D eigenvalue weighted by Gasteiger charge is -2.27. The highest BCUT2D eigenvalue weighted by Crippen LogP contribution is 2.40. The maximum atomic E-state index is 11.7. The molecule has 1 saturated heterocycles. The van der Waals surface area contributed by atoms with Crippen LogP contribution in [-0.2, 0) is 4.74 Å². The monoisotopic (exact) mass is 435 g/mol. The van der Waals surface area contributed by atoms with Gasteiger partial charge in [0.05, 0.1) is 24.4 Å². The summed E-state index contributed by atoms with van der Waals surface area (Å²) >= 11 is 5.67. The molecule has 7 heteroatoms. The van der Waals surface area contributed by atoms with E-state index in [1.807, 2.05) is 42.5 Å². The maximum Gasteiger partial charge on any atom is 0.337 e. The Labute approximate surface area is 187 Å². The minimum Gasteiger partial charge on any atom is -0.465 e. The normalized spacial score (nSPS) is 18.3. The van der Waals surface area contributed by atoms with Crippen LogP contribution in [0.1, 0.15) is 47.7 Å². The quantitative estimate of drug-likeness (QED) is 0.442. The third-order valence-electron chi connectivity index (χ3n) is 5.27. The summed E-state index contributed by atoms with van der Waals surface area (Å²) in [6.45, 7) is 5.15. The average molecular weight is 436 g/mol. The van der Waals surface area contributed by atoms with Crippen molar-refractivity contribution in [1.29, 1.82) is 0 Å². The zero-order valence-electron chi connectivity index (χ0n) is 17.7. The minimum atomic E-state index is -0.361. The van der Waals surface area contributed by atoms with Crippen molar-refractivity contribution in [2.75, 3.05) is 13.7 Å². The van der Waals surface area contributed by atoms with E-state index in [4.69, 9.17) is 21.4 Å². The predicted molar refractivity (Wildman–Crippen MR) is 122 cm³/mol. The highest BCUT2D eigenvalue weighted by molar-refractivity contribution is 7.80. The van der Waals surface area contributed by atoms with Crippen LogP contribution in [0, 0.1) is 5.92 Å². The van der Waals surface area contributed by atoms with Crippen LogP contribution in [0.4, 0.5) is 0 Å². The molecule has 1 aromatic carbocycles. The third kappa shape index (κ3) is 4.32. The van der Waals surface area contributed by atoms with E-state index in [1.54, 1.807) is 18.3 Å².